The van der Waals surface area contributed by atoms with E-state index in [2.05, 4.69) is 10.5 Å². The normalized spacial score (nSPS) is 12.2. The van der Waals surface area contributed by atoms with Gasteiger partial charge in [-0.25, -0.2) is 0 Å². The van der Waals surface area contributed by atoms with Gasteiger partial charge in [0, 0.05) is 18.5 Å². The van der Waals surface area contributed by atoms with Crippen molar-refractivity contribution in [3.8, 4) is 0 Å². The summed E-state index contributed by atoms with van der Waals surface area (Å²) in [5.41, 5.74) is 6.58. The fourth-order valence-electron chi connectivity index (χ4n) is 1.62. The Hall–Kier alpha value is -2.25. The van der Waals surface area contributed by atoms with Crippen LogP contribution in [0.15, 0.2) is 29.4 Å². The number of amides is 1. The molecule has 5 nitrogen and oxygen atoms in total. The molecule has 1 amide bonds. The van der Waals surface area contributed by atoms with Crippen LogP contribution < -0.4 is 11.1 Å². The van der Waals surface area contributed by atoms with Crippen LogP contribution in [0.3, 0.4) is 0 Å². The van der Waals surface area contributed by atoms with E-state index in [0.717, 1.165) is 0 Å². The Morgan fingerprint density at radius 3 is 2.43 bits per heavy atom. The molecular formula is C13H16F3N3O2. The summed E-state index contributed by atoms with van der Waals surface area (Å²) in [4.78, 5) is 11.5. The van der Waals surface area contributed by atoms with Crippen molar-refractivity contribution < 1.29 is 23.2 Å². The molecule has 0 spiro atoms. The molecule has 0 aliphatic rings. The second kappa shape index (κ2) is 7.51. The molecule has 21 heavy (non-hydrogen) atoms. The van der Waals surface area contributed by atoms with Gasteiger partial charge in [-0.2, -0.15) is 13.2 Å². The number of nitrogens with zero attached hydrogens (tertiary/aromatic N) is 1. The van der Waals surface area contributed by atoms with Crippen molar-refractivity contribution in [2.24, 2.45) is 10.9 Å². The zero-order chi connectivity index (χ0) is 15.9. The molecule has 4 N–H and O–H groups in total. The molecule has 0 heterocycles. The van der Waals surface area contributed by atoms with Gasteiger partial charge in [0.2, 0.25) is 5.91 Å². The summed E-state index contributed by atoms with van der Waals surface area (Å²) in [6.45, 7) is -0.0133. The molecule has 0 aromatic heterocycles. The van der Waals surface area contributed by atoms with Gasteiger partial charge in [0.25, 0.3) is 0 Å². The number of carbonyl (C=O) groups excluding carboxylic acids is 1. The Morgan fingerprint density at radius 2 is 1.90 bits per heavy atom. The van der Waals surface area contributed by atoms with Gasteiger partial charge >= 0.3 is 6.18 Å². The maximum absolute atomic E-state index is 11.9. The van der Waals surface area contributed by atoms with Gasteiger partial charge < -0.3 is 16.3 Å². The summed E-state index contributed by atoms with van der Waals surface area (Å²) in [5, 5.41) is 13.8. The Kier molecular flexibility index (Phi) is 6.01. The molecule has 0 saturated heterocycles. The third-order valence-corrected chi connectivity index (χ3v) is 2.68. The first-order valence-electron chi connectivity index (χ1n) is 6.22. The van der Waals surface area contributed by atoms with Gasteiger partial charge in [0.15, 0.2) is 5.84 Å². The van der Waals surface area contributed by atoms with Crippen molar-refractivity contribution in [3.05, 3.63) is 35.4 Å². The lowest BCUT2D eigenvalue weighted by molar-refractivity contribution is -0.136. The maximum Gasteiger partial charge on any atom is 0.389 e. The zero-order valence-electron chi connectivity index (χ0n) is 11.2. The molecule has 116 valence electrons. The molecule has 0 radical (unpaired) electrons. The smallest absolute Gasteiger partial charge is 0.389 e. The number of carbonyl (C=O) groups is 1. The zero-order valence-corrected chi connectivity index (χ0v) is 11.2. The second-order valence-electron chi connectivity index (χ2n) is 4.43. The second-order valence-corrected chi connectivity index (χ2v) is 4.43. The van der Waals surface area contributed by atoms with Crippen molar-refractivity contribution in [1.29, 1.82) is 0 Å². The highest BCUT2D eigenvalue weighted by Gasteiger charge is 2.25. The monoisotopic (exact) mass is 303 g/mol. The van der Waals surface area contributed by atoms with E-state index in [4.69, 9.17) is 10.9 Å². The highest BCUT2D eigenvalue weighted by Crippen LogP contribution is 2.20. The van der Waals surface area contributed by atoms with Crippen LogP contribution >= 0.6 is 0 Å². The number of nitrogens with two attached hydrogens (primary N) is 1. The Morgan fingerprint density at radius 1 is 1.29 bits per heavy atom. The van der Waals surface area contributed by atoms with Crippen molar-refractivity contribution in [3.63, 3.8) is 0 Å². The Bertz CT molecular complexity index is 498. The predicted molar refractivity (Wildman–Crippen MR) is 71.0 cm³/mol. The molecule has 8 heteroatoms. The van der Waals surface area contributed by atoms with Crippen LogP contribution in [0.2, 0.25) is 0 Å². The summed E-state index contributed by atoms with van der Waals surface area (Å²) in [6, 6.07) is 6.42. The number of hydrogen-bond donors (Lipinski definition) is 3. The Balaban J connectivity index is 2.38. The van der Waals surface area contributed by atoms with Gasteiger partial charge in [0.1, 0.15) is 0 Å². The topological polar surface area (TPSA) is 87.7 Å². The summed E-state index contributed by atoms with van der Waals surface area (Å²) >= 11 is 0. The summed E-state index contributed by atoms with van der Waals surface area (Å²) in [6.07, 6.45) is -5.20. The quantitative estimate of drug-likeness (QED) is 0.246. The highest BCUT2D eigenvalue weighted by atomic mass is 19.4. The van der Waals surface area contributed by atoms with Gasteiger partial charge in [-0.05, 0) is 12.0 Å². The number of nitrogens with one attached hydrogen (secondary N) is 1. The third kappa shape index (κ3) is 6.64. The van der Waals surface area contributed by atoms with E-state index in [-0.39, 0.29) is 31.1 Å². The number of hydrogen-bond acceptors (Lipinski definition) is 3. The first-order valence-corrected chi connectivity index (χ1v) is 6.22. The summed E-state index contributed by atoms with van der Waals surface area (Å²) in [7, 11) is 0. The van der Waals surface area contributed by atoms with Gasteiger partial charge in [-0.1, -0.05) is 29.4 Å². The largest absolute Gasteiger partial charge is 0.409 e. The summed E-state index contributed by atoms with van der Waals surface area (Å²) < 4.78 is 35.7. The molecule has 0 fully saturated rings. The predicted octanol–water partition coefficient (Wildman–Crippen LogP) is 1.78. The number of alkyl halides is 3. The molecule has 0 aliphatic carbocycles. The van der Waals surface area contributed by atoms with Crippen molar-refractivity contribution in [1.82, 2.24) is 5.32 Å². The number of amidine groups is 1. The minimum Gasteiger partial charge on any atom is -0.409 e. The SMILES string of the molecule is N/C(=N/O)c1ccc(CC(=O)NCCCC(F)(F)F)cc1. The molecular weight excluding hydrogens is 287 g/mol. The van der Waals surface area contributed by atoms with Crippen LogP contribution in [0.1, 0.15) is 24.0 Å². The standard InChI is InChI=1S/C13H16F3N3O2/c14-13(15,16)6-1-7-18-11(20)8-9-2-4-10(5-3-9)12(17)19-21/h2-5,21H,1,6-8H2,(H2,17,19)(H,18,20). The maximum atomic E-state index is 11.9. The Labute approximate surface area is 119 Å². The molecule has 0 atom stereocenters. The number of oxime groups is 1. The molecule has 1 aromatic carbocycles. The van der Waals surface area contributed by atoms with Crippen LogP contribution in [-0.4, -0.2) is 29.7 Å². The van der Waals surface area contributed by atoms with Crippen molar-refractivity contribution in [2.75, 3.05) is 6.54 Å². The van der Waals surface area contributed by atoms with Crippen molar-refractivity contribution >= 4 is 11.7 Å². The lowest BCUT2D eigenvalue weighted by Crippen LogP contribution is -2.27. The third-order valence-electron chi connectivity index (χ3n) is 2.68. The van der Waals surface area contributed by atoms with Crippen LogP contribution in [-0.2, 0) is 11.2 Å². The van der Waals surface area contributed by atoms with Crippen molar-refractivity contribution in [2.45, 2.75) is 25.4 Å². The average Bonchev–Trinajstić information content (AvgIpc) is 2.42. The van der Waals surface area contributed by atoms with Crippen LogP contribution in [0, 0.1) is 0 Å². The van der Waals surface area contributed by atoms with E-state index < -0.39 is 12.6 Å². The first kappa shape index (κ1) is 16.8. The van der Waals surface area contributed by atoms with Gasteiger partial charge in [0.05, 0.1) is 6.42 Å². The van der Waals surface area contributed by atoms with E-state index >= 15 is 0 Å². The van der Waals surface area contributed by atoms with E-state index in [0.29, 0.717) is 11.1 Å². The molecule has 0 saturated carbocycles. The van der Waals surface area contributed by atoms with E-state index in [9.17, 15) is 18.0 Å². The van der Waals surface area contributed by atoms with E-state index in [1.807, 2.05) is 0 Å². The fourth-order valence-corrected chi connectivity index (χ4v) is 1.62. The van der Waals surface area contributed by atoms with Gasteiger partial charge in [-0.15, -0.1) is 0 Å². The number of benzene rings is 1. The molecule has 1 rings (SSSR count). The minimum absolute atomic E-state index is 0.0133. The van der Waals surface area contributed by atoms with E-state index in [1.54, 1.807) is 24.3 Å². The molecule has 1 aromatic rings. The van der Waals surface area contributed by atoms with Crippen LogP contribution in [0.4, 0.5) is 13.2 Å². The fraction of sp³-hybridized carbons (Fsp3) is 0.385. The lowest BCUT2D eigenvalue weighted by atomic mass is 10.1. The van der Waals surface area contributed by atoms with Crippen LogP contribution in [0.25, 0.3) is 0 Å². The first-order chi connectivity index (χ1) is 9.81. The molecule has 0 bridgehead atoms. The molecule has 0 aliphatic heterocycles. The highest BCUT2D eigenvalue weighted by molar-refractivity contribution is 5.97. The van der Waals surface area contributed by atoms with E-state index in [1.165, 1.54) is 0 Å². The minimum atomic E-state index is -4.20. The lowest BCUT2D eigenvalue weighted by Gasteiger charge is -2.08. The van der Waals surface area contributed by atoms with Gasteiger partial charge in [-0.3, -0.25) is 4.79 Å². The molecule has 0 unspecified atom stereocenters. The number of halogens is 3. The average molecular weight is 303 g/mol. The van der Waals surface area contributed by atoms with Crippen LogP contribution in [0.5, 0.6) is 0 Å². The number of rotatable bonds is 6. The summed E-state index contributed by atoms with van der Waals surface area (Å²) in [5.74, 6) is -0.396.